The highest BCUT2D eigenvalue weighted by molar-refractivity contribution is 6.00. The fourth-order valence-electron chi connectivity index (χ4n) is 4.14. The van der Waals surface area contributed by atoms with E-state index in [0.29, 0.717) is 24.6 Å². The SMILES string of the molecule is COc1ccc([C@@H]2C3=C(C[C@H](c4ccco4)CC3=O)Nc3nc(C)nn32)cc1. The summed E-state index contributed by atoms with van der Waals surface area (Å²) in [7, 11) is 1.64. The molecule has 2 atom stereocenters. The third-order valence-electron chi connectivity index (χ3n) is 5.40. The number of ketones is 1. The predicted molar refractivity (Wildman–Crippen MR) is 102 cm³/mol. The average Bonchev–Trinajstić information content (AvgIpc) is 3.35. The molecule has 0 unspecified atom stereocenters. The summed E-state index contributed by atoms with van der Waals surface area (Å²) in [5.41, 5.74) is 2.63. The van der Waals surface area contributed by atoms with Crippen molar-refractivity contribution in [1.29, 1.82) is 0 Å². The molecule has 0 amide bonds. The number of allylic oxidation sites excluding steroid dienone is 2. The van der Waals surface area contributed by atoms with Crippen molar-refractivity contribution in [1.82, 2.24) is 14.8 Å². The Labute approximate surface area is 162 Å². The van der Waals surface area contributed by atoms with Gasteiger partial charge < -0.3 is 14.5 Å². The molecule has 7 nitrogen and oxygen atoms in total. The van der Waals surface area contributed by atoms with Gasteiger partial charge >= 0.3 is 0 Å². The molecule has 1 N–H and O–H groups in total. The van der Waals surface area contributed by atoms with E-state index in [9.17, 15) is 4.79 Å². The van der Waals surface area contributed by atoms with Gasteiger partial charge in [0.2, 0.25) is 5.95 Å². The van der Waals surface area contributed by atoms with Gasteiger partial charge in [0, 0.05) is 23.6 Å². The Morgan fingerprint density at radius 3 is 2.75 bits per heavy atom. The maximum atomic E-state index is 13.2. The first-order valence-electron chi connectivity index (χ1n) is 9.28. The van der Waals surface area contributed by atoms with E-state index in [-0.39, 0.29) is 17.7 Å². The number of anilines is 1. The molecule has 2 aliphatic rings. The molecule has 3 aromatic rings. The molecule has 0 radical (unpaired) electrons. The van der Waals surface area contributed by atoms with Crippen LogP contribution >= 0.6 is 0 Å². The Bertz CT molecular complexity index is 1060. The van der Waals surface area contributed by atoms with Crippen LogP contribution in [0.4, 0.5) is 5.95 Å². The first-order chi connectivity index (χ1) is 13.6. The lowest BCUT2D eigenvalue weighted by atomic mass is 9.79. The quantitative estimate of drug-likeness (QED) is 0.752. The second-order valence-corrected chi connectivity index (χ2v) is 7.16. The molecule has 0 saturated carbocycles. The molecule has 7 heteroatoms. The predicted octanol–water partition coefficient (Wildman–Crippen LogP) is 3.60. The number of hydrogen-bond donors (Lipinski definition) is 1. The minimum absolute atomic E-state index is 0.0286. The Balaban J connectivity index is 1.61. The number of hydrogen-bond acceptors (Lipinski definition) is 6. The second-order valence-electron chi connectivity index (χ2n) is 7.16. The fourth-order valence-corrected chi connectivity index (χ4v) is 4.14. The number of aryl methyl sites for hydroxylation is 1. The molecule has 5 rings (SSSR count). The molecule has 0 saturated heterocycles. The lowest BCUT2D eigenvalue weighted by Gasteiger charge is -2.34. The number of rotatable bonds is 3. The topological polar surface area (TPSA) is 82.2 Å². The van der Waals surface area contributed by atoms with Gasteiger partial charge in [0.25, 0.3) is 0 Å². The number of carbonyl (C=O) groups excluding carboxylic acids is 1. The smallest absolute Gasteiger partial charge is 0.226 e. The van der Waals surface area contributed by atoms with Crippen LogP contribution in [0.5, 0.6) is 5.75 Å². The van der Waals surface area contributed by atoms with Crippen molar-refractivity contribution < 1.29 is 13.9 Å². The van der Waals surface area contributed by atoms with Gasteiger partial charge in [-0.3, -0.25) is 4.79 Å². The average molecular weight is 376 g/mol. The molecule has 1 aliphatic heterocycles. The van der Waals surface area contributed by atoms with Crippen molar-refractivity contribution in [3.8, 4) is 5.75 Å². The number of carbonyl (C=O) groups is 1. The highest BCUT2D eigenvalue weighted by Crippen LogP contribution is 2.44. The van der Waals surface area contributed by atoms with Crippen LogP contribution in [-0.2, 0) is 4.79 Å². The van der Waals surface area contributed by atoms with Crippen LogP contribution in [-0.4, -0.2) is 27.7 Å². The monoisotopic (exact) mass is 376 g/mol. The summed E-state index contributed by atoms with van der Waals surface area (Å²) in [6, 6.07) is 11.2. The number of methoxy groups -OCH3 is 1. The van der Waals surface area contributed by atoms with Crippen LogP contribution in [0.15, 0.2) is 58.3 Å². The van der Waals surface area contributed by atoms with Crippen LogP contribution in [0.2, 0.25) is 0 Å². The number of ether oxygens (including phenoxy) is 1. The van der Waals surface area contributed by atoms with E-state index >= 15 is 0 Å². The van der Waals surface area contributed by atoms with Crippen molar-refractivity contribution >= 4 is 11.7 Å². The minimum Gasteiger partial charge on any atom is -0.497 e. The van der Waals surface area contributed by atoms with Crippen LogP contribution < -0.4 is 10.1 Å². The summed E-state index contributed by atoms with van der Waals surface area (Å²) in [6.07, 6.45) is 2.77. The molecule has 2 aromatic heterocycles. The number of Topliss-reactive ketones (excluding diaryl/α,β-unsaturated/α-hetero) is 1. The van der Waals surface area contributed by atoms with Gasteiger partial charge in [0.05, 0.1) is 13.4 Å². The maximum Gasteiger partial charge on any atom is 0.226 e. The minimum atomic E-state index is -0.302. The lowest BCUT2D eigenvalue weighted by molar-refractivity contribution is -0.117. The zero-order valence-corrected chi connectivity index (χ0v) is 15.7. The van der Waals surface area contributed by atoms with E-state index in [1.807, 2.05) is 43.3 Å². The van der Waals surface area contributed by atoms with Crippen molar-refractivity contribution in [3.05, 3.63) is 71.1 Å². The van der Waals surface area contributed by atoms with Crippen LogP contribution in [0.25, 0.3) is 0 Å². The molecule has 0 fully saturated rings. The van der Waals surface area contributed by atoms with Gasteiger partial charge in [-0.15, -0.1) is 0 Å². The number of benzene rings is 1. The fraction of sp³-hybridized carbons (Fsp3) is 0.286. The first-order valence-corrected chi connectivity index (χ1v) is 9.28. The second kappa shape index (κ2) is 6.37. The molecule has 0 spiro atoms. The van der Waals surface area contributed by atoms with E-state index in [4.69, 9.17) is 9.15 Å². The summed E-state index contributed by atoms with van der Waals surface area (Å²) in [6.45, 7) is 1.85. The number of fused-ring (bicyclic) bond motifs is 1. The highest BCUT2D eigenvalue weighted by atomic mass is 16.5. The van der Waals surface area contributed by atoms with Gasteiger partial charge in [-0.05, 0) is 43.2 Å². The largest absolute Gasteiger partial charge is 0.497 e. The number of aromatic nitrogens is 3. The molecular formula is C21H20N4O3. The van der Waals surface area contributed by atoms with Gasteiger partial charge in [-0.25, -0.2) is 4.68 Å². The summed E-state index contributed by atoms with van der Waals surface area (Å²) in [5, 5.41) is 7.90. The van der Waals surface area contributed by atoms with Crippen molar-refractivity contribution in [3.63, 3.8) is 0 Å². The van der Waals surface area contributed by atoms with Crippen molar-refractivity contribution in [2.24, 2.45) is 0 Å². The number of nitrogens with one attached hydrogen (secondary N) is 1. The first kappa shape index (κ1) is 16.8. The Hall–Kier alpha value is -3.35. The summed E-state index contributed by atoms with van der Waals surface area (Å²) in [4.78, 5) is 17.7. The standard InChI is InChI=1S/C21H20N4O3/c1-12-22-21-23-16-10-14(18-4-3-9-28-18)11-17(26)19(16)20(25(21)24-12)13-5-7-15(27-2)8-6-13/h3-9,14,20H,10-11H2,1-2H3,(H,22,23,24)/t14-,20+/m0/s1. The van der Waals surface area contributed by atoms with Crippen LogP contribution in [0.3, 0.4) is 0 Å². The number of nitrogens with zero attached hydrogens (tertiary/aromatic N) is 3. The lowest BCUT2D eigenvalue weighted by Crippen LogP contribution is -2.33. The molecule has 28 heavy (non-hydrogen) atoms. The Morgan fingerprint density at radius 2 is 2.04 bits per heavy atom. The molecule has 3 heterocycles. The van der Waals surface area contributed by atoms with Gasteiger partial charge in [-0.1, -0.05) is 12.1 Å². The maximum absolute atomic E-state index is 13.2. The normalized spacial score (nSPS) is 21.1. The Kier molecular flexibility index (Phi) is 3.82. The molecule has 0 bridgehead atoms. The number of furan rings is 1. The van der Waals surface area contributed by atoms with Gasteiger partial charge in [0.1, 0.15) is 23.4 Å². The third-order valence-corrected chi connectivity index (χ3v) is 5.40. The Morgan fingerprint density at radius 1 is 1.21 bits per heavy atom. The van der Waals surface area contributed by atoms with E-state index in [0.717, 1.165) is 28.3 Å². The summed E-state index contributed by atoms with van der Waals surface area (Å²) < 4.78 is 12.6. The van der Waals surface area contributed by atoms with E-state index in [2.05, 4.69) is 15.4 Å². The van der Waals surface area contributed by atoms with Crippen LogP contribution in [0.1, 0.15) is 41.9 Å². The molecule has 1 aromatic carbocycles. The van der Waals surface area contributed by atoms with E-state index in [1.54, 1.807) is 18.1 Å². The summed E-state index contributed by atoms with van der Waals surface area (Å²) >= 11 is 0. The molecule has 142 valence electrons. The zero-order valence-electron chi connectivity index (χ0n) is 15.7. The van der Waals surface area contributed by atoms with E-state index in [1.165, 1.54) is 0 Å². The van der Waals surface area contributed by atoms with Crippen molar-refractivity contribution in [2.75, 3.05) is 12.4 Å². The highest BCUT2D eigenvalue weighted by Gasteiger charge is 2.40. The summed E-state index contributed by atoms with van der Waals surface area (Å²) in [5.74, 6) is 3.07. The van der Waals surface area contributed by atoms with Crippen molar-refractivity contribution in [2.45, 2.75) is 31.7 Å². The third kappa shape index (κ3) is 2.62. The van der Waals surface area contributed by atoms with Crippen LogP contribution in [0, 0.1) is 6.92 Å². The molecular weight excluding hydrogens is 356 g/mol. The molecule has 1 aliphatic carbocycles. The van der Waals surface area contributed by atoms with E-state index < -0.39 is 0 Å². The zero-order chi connectivity index (χ0) is 19.3. The van der Waals surface area contributed by atoms with Gasteiger partial charge in [0.15, 0.2) is 5.78 Å². The van der Waals surface area contributed by atoms with Gasteiger partial charge in [-0.2, -0.15) is 10.1 Å².